The third kappa shape index (κ3) is 2.70. The first-order valence-corrected chi connectivity index (χ1v) is 6.84. The number of hydrogen-bond donors (Lipinski definition) is 2. The van der Waals surface area contributed by atoms with Crippen molar-refractivity contribution in [3.05, 3.63) is 53.6 Å². The molecule has 0 radical (unpaired) electrons. The number of nitrogens with zero attached hydrogens (tertiary/aromatic N) is 2. The topological polar surface area (TPSA) is 76.4 Å². The highest BCUT2D eigenvalue weighted by molar-refractivity contribution is 7.14. The molecule has 0 saturated carbocycles. The fraction of sp³-hybridized carbons (Fsp3) is 0. The Morgan fingerprint density at radius 3 is 2.90 bits per heavy atom. The van der Waals surface area contributed by atoms with Crippen LogP contribution in [0.3, 0.4) is 0 Å². The van der Waals surface area contributed by atoms with E-state index in [9.17, 15) is 0 Å². The number of thiazole rings is 1. The smallest absolute Gasteiger partial charge is 0.205 e. The van der Waals surface area contributed by atoms with Crippen molar-refractivity contribution in [2.75, 3.05) is 11.2 Å². The van der Waals surface area contributed by atoms with E-state index < -0.39 is 0 Å². The number of hydrogen-bond acceptors (Lipinski definition) is 6. The molecule has 0 saturated heterocycles. The SMILES string of the molecule is Nc1csc(NN=Cc2ccccc2-c2ccco2)n1. The Bertz CT molecular complexity index is 718. The number of anilines is 2. The lowest BCUT2D eigenvalue weighted by Crippen LogP contribution is -1.92. The molecule has 0 amide bonds. The Morgan fingerprint density at radius 1 is 1.25 bits per heavy atom. The molecule has 100 valence electrons. The number of hydrazone groups is 1. The van der Waals surface area contributed by atoms with E-state index in [0.29, 0.717) is 10.9 Å². The van der Waals surface area contributed by atoms with Crippen LogP contribution in [-0.2, 0) is 0 Å². The number of aromatic nitrogens is 1. The number of nitrogen functional groups attached to an aromatic ring is 1. The van der Waals surface area contributed by atoms with Crippen LogP contribution in [-0.4, -0.2) is 11.2 Å². The second-order valence-electron chi connectivity index (χ2n) is 4.01. The number of furan rings is 1. The summed E-state index contributed by atoms with van der Waals surface area (Å²) in [6, 6.07) is 11.7. The summed E-state index contributed by atoms with van der Waals surface area (Å²) in [5.74, 6) is 1.30. The van der Waals surface area contributed by atoms with E-state index in [1.165, 1.54) is 11.3 Å². The summed E-state index contributed by atoms with van der Waals surface area (Å²) in [7, 11) is 0. The van der Waals surface area contributed by atoms with Gasteiger partial charge in [0.2, 0.25) is 5.13 Å². The summed E-state index contributed by atoms with van der Waals surface area (Å²) in [6.07, 6.45) is 3.38. The third-order valence-electron chi connectivity index (χ3n) is 2.63. The van der Waals surface area contributed by atoms with Gasteiger partial charge in [0.25, 0.3) is 0 Å². The molecule has 0 unspecified atom stereocenters. The molecule has 2 aromatic heterocycles. The van der Waals surface area contributed by atoms with Gasteiger partial charge in [-0.2, -0.15) is 5.10 Å². The lowest BCUT2D eigenvalue weighted by Gasteiger charge is -2.01. The van der Waals surface area contributed by atoms with E-state index in [2.05, 4.69) is 15.5 Å². The van der Waals surface area contributed by atoms with Gasteiger partial charge in [0, 0.05) is 16.5 Å². The van der Waals surface area contributed by atoms with Crippen LogP contribution in [0.5, 0.6) is 0 Å². The van der Waals surface area contributed by atoms with Crippen LogP contribution in [0.25, 0.3) is 11.3 Å². The first-order valence-electron chi connectivity index (χ1n) is 5.96. The fourth-order valence-corrected chi connectivity index (χ4v) is 2.31. The van der Waals surface area contributed by atoms with E-state index >= 15 is 0 Å². The average molecular weight is 284 g/mol. The van der Waals surface area contributed by atoms with E-state index in [-0.39, 0.29) is 0 Å². The van der Waals surface area contributed by atoms with E-state index in [1.807, 2.05) is 36.4 Å². The summed E-state index contributed by atoms with van der Waals surface area (Å²) in [5, 5.41) is 6.59. The first kappa shape index (κ1) is 12.4. The highest BCUT2D eigenvalue weighted by Gasteiger charge is 2.04. The Kier molecular flexibility index (Phi) is 3.47. The molecule has 1 aromatic carbocycles. The van der Waals surface area contributed by atoms with Crippen molar-refractivity contribution >= 4 is 28.5 Å². The highest BCUT2D eigenvalue weighted by atomic mass is 32.1. The molecule has 5 nitrogen and oxygen atoms in total. The van der Waals surface area contributed by atoms with Crippen molar-refractivity contribution < 1.29 is 4.42 Å². The molecular weight excluding hydrogens is 272 g/mol. The minimum atomic E-state index is 0.490. The van der Waals surface area contributed by atoms with Gasteiger partial charge in [-0.05, 0) is 12.1 Å². The molecule has 6 heteroatoms. The fourth-order valence-electron chi connectivity index (χ4n) is 1.76. The van der Waals surface area contributed by atoms with Crippen LogP contribution < -0.4 is 11.2 Å². The summed E-state index contributed by atoms with van der Waals surface area (Å²) in [4.78, 5) is 4.07. The van der Waals surface area contributed by atoms with Crippen LogP contribution in [0.15, 0.2) is 57.6 Å². The predicted molar refractivity (Wildman–Crippen MR) is 81.9 cm³/mol. The molecular formula is C14H12N4OS. The van der Waals surface area contributed by atoms with Gasteiger partial charge in [-0.15, -0.1) is 11.3 Å². The van der Waals surface area contributed by atoms with Crippen molar-refractivity contribution in [3.63, 3.8) is 0 Å². The van der Waals surface area contributed by atoms with Gasteiger partial charge in [-0.1, -0.05) is 24.3 Å². The maximum absolute atomic E-state index is 5.54. The van der Waals surface area contributed by atoms with Crippen molar-refractivity contribution in [2.45, 2.75) is 0 Å². The molecule has 2 heterocycles. The molecule has 0 fully saturated rings. The van der Waals surface area contributed by atoms with Crippen LogP contribution in [0, 0.1) is 0 Å². The molecule has 3 aromatic rings. The van der Waals surface area contributed by atoms with Crippen LogP contribution in [0.2, 0.25) is 0 Å². The largest absolute Gasteiger partial charge is 0.464 e. The summed E-state index contributed by atoms with van der Waals surface area (Å²) >= 11 is 1.41. The molecule has 0 aliphatic carbocycles. The van der Waals surface area contributed by atoms with Gasteiger partial charge >= 0.3 is 0 Å². The zero-order chi connectivity index (χ0) is 13.8. The molecule has 0 aliphatic heterocycles. The maximum atomic E-state index is 5.54. The van der Waals surface area contributed by atoms with Gasteiger partial charge in [0.05, 0.1) is 12.5 Å². The average Bonchev–Trinajstić information content (AvgIpc) is 3.11. The summed E-state index contributed by atoms with van der Waals surface area (Å²) < 4.78 is 5.42. The highest BCUT2D eigenvalue weighted by Crippen LogP contribution is 2.23. The van der Waals surface area contributed by atoms with Crippen molar-refractivity contribution in [3.8, 4) is 11.3 Å². The lowest BCUT2D eigenvalue weighted by molar-refractivity contribution is 0.582. The molecule has 20 heavy (non-hydrogen) atoms. The van der Waals surface area contributed by atoms with Crippen LogP contribution in [0.4, 0.5) is 10.9 Å². The van der Waals surface area contributed by atoms with E-state index in [0.717, 1.165) is 16.9 Å². The number of rotatable bonds is 4. The lowest BCUT2D eigenvalue weighted by atomic mass is 10.1. The number of benzene rings is 1. The van der Waals surface area contributed by atoms with Crippen molar-refractivity contribution in [1.29, 1.82) is 0 Å². The quantitative estimate of drug-likeness (QED) is 0.568. The molecule has 3 rings (SSSR count). The first-order chi connectivity index (χ1) is 9.83. The Balaban J connectivity index is 1.80. The van der Waals surface area contributed by atoms with Gasteiger partial charge < -0.3 is 10.2 Å². The van der Waals surface area contributed by atoms with Gasteiger partial charge in [-0.3, -0.25) is 5.43 Å². The standard InChI is InChI=1S/C14H12N4OS/c15-13-9-20-14(17-13)18-16-8-10-4-1-2-5-11(10)12-6-3-7-19-12/h1-9H,15H2,(H,17,18). The van der Waals surface area contributed by atoms with E-state index in [4.69, 9.17) is 10.2 Å². The molecule has 0 spiro atoms. The van der Waals surface area contributed by atoms with Gasteiger partial charge in [-0.25, -0.2) is 4.98 Å². The van der Waals surface area contributed by atoms with Gasteiger partial charge in [0.15, 0.2) is 0 Å². The van der Waals surface area contributed by atoms with Crippen molar-refractivity contribution in [1.82, 2.24) is 4.98 Å². The molecule has 0 bridgehead atoms. The normalized spacial score (nSPS) is 11.0. The van der Waals surface area contributed by atoms with Crippen molar-refractivity contribution in [2.24, 2.45) is 5.10 Å². The third-order valence-corrected chi connectivity index (χ3v) is 3.40. The zero-order valence-electron chi connectivity index (χ0n) is 10.5. The zero-order valence-corrected chi connectivity index (χ0v) is 11.3. The predicted octanol–water partition coefficient (Wildman–Crippen LogP) is 3.43. The monoisotopic (exact) mass is 284 g/mol. The Labute approximate surface area is 119 Å². The van der Waals surface area contributed by atoms with Gasteiger partial charge in [0.1, 0.15) is 11.6 Å². The molecule has 3 N–H and O–H groups in total. The second-order valence-corrected chi connectivity index (χ2v) is 4.87. The molecule has 0 atom stereocenters. The summed E-state index contributed by atoms with van der Waals surface area (Å²) in [6.45, 7) is 0. The number of nitrogens with one attached hydrogen (secondary N) is 1. The molecule has 0 aliphatic rings. The minimum absolute atomic E-state index is 0.490. The maximum Gasteiger partial charge on any atom is 0.205 e. The summed E-state index contributed by atoms with van der Waals surface area (Å²) in [5.41, 5.74) is 10.3. The van der Waals surface area contributed by atoms with Crippen LogP contribution in [0.1, 0.15) is 5.56 Å². The Morgan fingerprint density at radius 2 is 2.15 bits per heavy atom. The minimum Gasteiger partial charge on any atom is -0.464 e. The van der Waals surface area contributed by atoms with E-state index in [1.54, 1.807) is 17.9 Å². The second kappa shape index (κ2) is 5.58. The van der Waals surface area contributed by atoms with Crippen LogP contribution >= 0.6 is 11.3 Å². The number of nitrogens with two attached hydrogens (primary N) is 1. The Hall–Kier alpha value is -2.60.